The highest BCUT2D eigenvalue weighted by Gasteiger charge is 2.24. The van der Waals surface area contributed by atoms with Gasteiger partial charge in [-0.25, -0.2) is 0 Å². The third kappa shape index (κ3) is 5.29. The van der Waals surface area contributed by atoms with E-state index in [0.717, 1.165) is 16.3 Å². The van der Waals surface area contributed by atoms with Crippen LogP contribution < -0.4 is 10.6 Å². The minimum Gasteiger partial charge on any atom is -0.383 e. The van der Waals surface area contributed by atoms with Crippen molar-refractivity contribution in [2.45, 2.75) is 26.3 Å². The van der Waals surface area contributed by atoms with Crippen molar-refractivity contribution in [3.8, 4) is 0 Å². The summed E-state index contributed by atoms with van der Waals surface area (Å²) in [4.78, 5) is 24.8. The number of amides is 2. The van der Waals surface area contributed by atoms with Crippen LogP contribution in [0, 0.1) is 5.92 Å². The molecule has 0 bridgehead atoms. The van der Waals surface area contributed by atoms with Crippen LogP contribution in [0.15, 0.2) is 42.5 Å². The fourth-order valence-corrected chi connectivity index (χ4v) is 2.77. The van der Waals surface area contributed by atoms with Crippen LogP contribution >= 0.6 is 0 Å². The molecule has 0 aromatic heterocycles. The van der Waals surface area contributed by atoms with Gasteiger partial charge >= 0.3 is 0 Å². The number of hydrogen-bond acceptors (Lipinski definition) is 3. The van der Waals surface area contributed by atoms with Crippen LogP contribution in [0.25, 0.3) is 10.8 Å². The molecular weight excluding hydrogens is 316 g/mol. The number of hydrogen-bond donors (Lipinski definition) is 2. The normalized spacial score (nSPS) is 12.2. The number of rotatable bonds is 8. The number of nitrogens with one attached hydrogen (secondary N) is 2. The van der Waals surface area contributed by atoms with E-state index in [-0.39, 0.29) is 24.2 Å². The highest BCUT2D eigenvalue weighted by Crippen LogP contribution is 2.19. The largest absolute Gasteiger partial charge is 0.383 e. The topological polar surface area (TPSA) is 67.4 Å². The summed E-state index contributed by atoms with van der Waals surface area (Å²) >= 11 is 0. The standard InChI is InChI=1S/C20H26N2O3/c1-14(2)19(20(24)21-11-12-25-3)22-18(23)13-16-9-6-8-15-7-4-5-10-17(15)16/h4-10,14,19H,11-13H2,1-3H3,(H,21,24)(H,22,23)/t19-/m0/s1. The first-order valence-corrected chi connectivity index (χ1v) is 8.55. The van der Waals surface area contributed by atoms with Crippen LogP contribution in [0.2, 0.25) is 0 Å². The number of ether oxygens (including phenoxy) is 1. The lowest BCUT2D eigenvalue weighted by Gasteiger charge is -2.22. The van der Waals surface area contributed by atoms with Gasteiger partial charge in [-0.15, -0.1) is 0 Å². The molecule has 2 N–H and O–H groups in total. The summed E-state index contributed by atoms with van der Waals surface area (Å²) in [6.07, 6.45) is 0.246. The highest BCUT2D eigenvalue weighted by molar-refractivity contribution is 5.92. The van der Waals surface area contributed by atoms with E-state index >= 15 is 0 Å². The van der Waals surface area contributed by atoms with Gasteiger partial charge in [-0.1, -0.05) is 56.3 Å². The fourth-order valence-electron chi connectivity index (χ4n) is 2.77. The maximum Gasteiger partial charge on any atom is 0.242 e. The Labute approximate surface area is 148 Å². The number of benzene rings is 2. The lowest BCUT2D eigenvalue weighted by atomic mass is 10.0. The summed E-state index contributed by atoms with van der Waals surface area (Å²) < 4.78 is 4.93. The molecule has 2 amide bonds. The molecule has 0 saturated heterocycles. The molecule has 2 rings (SSSR count). The van der Waals surface area contributed by atoms with Gasteiger partial charge in [0.05, 0.1) is 13.0 Å². The summed E-state index contributed by atoms with van der Waals surface area (Å²) in [5.74, 6) is -0.339. The SMILES string of the molecule is COCCNC(=O)[C@@H](NC(=O)Cc1cccc2ccccc12)C(C)C. The molecule has 2 aromatic carbocycles. The van der Waals surface area contributed by atoms with Crippen LogP contribution in [0.4, 0.5) is 0 Å². The zero-order valence-corrected chi connectivity index (χ0v) is 15.0. The molecule has 134 valence electrons. The molecule has 25 heavy (non-hydrogen) atoms. The van der Waals surface area contributed by atoms with E-state index in [1.54, 1.807) is 7.11 Å². The van der Waals surface area contributed by atoms with Gasteiger partial charge in [0.15, 0.2) is 0 Å². The maximum atomic E-state index is 12.5. The smallest absolute Gasteiger partial charge is 0.242 e. The van der Waals surface area contributed by atoms with Crippen LogP contribution in [0.5, 0.6) is 0 Å². The van der Waals surface area contributed by atoms with Gasteiger partial charge in [-0.05, 0) is 22.3 Å². The number of methoxy groups -OCH3 is 1. The molecule has 5 nitrogen and oxygen atoms in total. The second-order valence-electron chi connectivity index (χ2n) is 6.39. The number of carbonyl (C=O) groups excluding carboxylic acids is 2. The molecule has 0 aliphatic carbocycles. The molecule has 0 heterocycles. The van der Waals surface area contributed by atoms with Crippen LogP contribution in [0.3, 0.4) is 0 Å². The molecule has 0 aliphatic heterocycles. The molecule has 0 spiro atoms. The molecule has 0 radical (unpaired) electrons. The van der Waals surface area contributed by atoms with Gasteiger partial charge in [-0.2, -0.15) is 0 Å². The van der Waals surface area contributed by atoms with Gasteiger partial charge in [0, 0.05) is 13.7 Å². The first kappa shape index (κ1) is 18.9. The molecule has 2 aromatic rings. The van der Waals surface area contributed by atoms with Gasteiger partial charge in [0.25, 0.3) is 0 Å². The van der Waals surface area contributed by atoms with E-state index in [1.165, 1.54) is 0 Å². The van der Waals surface area contributed by atoms with Crippen molar-refractivity contribution in [3.63, 3.8) is 0 Å². The first-order valence-electron chi connectivity index (χ1n) is 8.55. The Morgan fingerprint density at radius 2 is 1.80 bits per heavy atom. The summed E-state index contributed by atoms with van der Waals surface area (Å²) in [5, 5.41) is 7.81. The molecular formula is C20H26N2O3. The summed E-state index contributed by atoms with van der Waals surface area (Å²) in [7, 11) is 1.58. The van der Waals surface area contributed by atoms with Gasteiger partial charge in [0.1, 0.15) is 6.04 Å². The molecule has 0 saturated carbocycles. The van der Waals surface area contributed by atoms with Crippen LogP contribution in [0.1, 0.15) is 19.4 Å². The van der Waals surface area contributed by atoms with E-state index in [2.05, 4.69) is 10.6 Å². The van der Waals surface area contributed by atoms with Gasteiger partial charge < -0.3 is 15.4 Å². The molecule has 5 heteroatoms. The Morgan fingerprint density at radius 3 is 2.52 bits per heavy atom. The average Bonchev–Trinajstić information content (AvgIpc) is 2.60. The van der Waals surface area contributed by atoms with Crippen molar-refractivity contribution in [2.75, 3.05) is 20.3 Å². The van der Waals surface area contributed by atoms with E-state index in [4.69, 9.17) is 4.74 Å². The Bertz CT molecular complexity index is 722. The summed E-state index contributed by atoms with van der Waals surface area (Å²) in [6.45, 7) is 4.70. The monoisotopic (exact) mass is 342 g/mol. The Hall–Kier alpha value is -2.40. The van der Waals surface area contributed by atoms with Crippen molar-refractivity contribution in [1.82, 2.24) is 10.6 Å². The second-order valence-corrected chi connectivity index (χ2v) is 6.39. The molecule has 0 aliphatic rings. The Kier molecular flexibility index (Phi) is 6.95. The minimum atomic E-state index is -0.556. The molecule has 0 unspecified atom stereocenters. The van der Waals surface area contributed by atoms with Crippen molar-refractivity contribution >= 4 is 22.6 Å². The zero-order chi connectivity index (χ0) is 18.2. The third-order valence-electron chi connectivity index (χ3n) is 4.10. The minimum absolute atomic E-state index is 0.000914. The van der Waals surface area contributed by atoms with Crippen molar-refractivity contribution in [2.24, 2.45) is 5.92 Å². The predicted octanol–water partition coefficient (Wildman–Crippen LogP) is 2.29. The quantitative estimate of drug-likeness (QED) is 0.723. The van der Waals surface area contributed by atoms with E-state index in [0.29, 0.717) is 13.2 Å². The maximum absolute atomic E-state index is 12.5. The zero-order valence-electron chi connectivity index (χ0n) is 15.0. The van der Waals surface area contributed by atoms with Crippen molar-refractivity contribution < 1.29 is 14.3 Å². The van der Waals surface area contributed by atoms with Crippen molar-refractivity contribution in [3.05, 3.63) is 48.0 Å². The van der Waals surface area contributed by atoms with Gasteiger partial charge in [0.2, 0.25) is 11.8 Å². The lowest BCUT2D eigenvalue weighted by molar-refractivity contribution is -0.129. The number of fused-ring (bicyclic) bond motifs is 1. The Morgan fingerprint density at radius 1 is 1.08 bits per heavy atom. The summed E-state index contributed by atoms with van der Waals surface area (Å²) in [6, 6.07) is 13.3. The molecule has 1 atom stereocenters. The van der Waals surface area contributed by atoms with E-state index in [1.807, 2.05) is 56.3 Å². The van der Waals surface area contributed by atoms with Gasteiger partial charge in [-0.3, -0.25) is 9.59 Å². The first-order chi connectivity index (χ1) is 12.0. The Balaban J connectivity index is 2.04. The third-order valence-corrected chi connectivity index (χ3v) is 4.10. The average molecular weight is 342 g/mol. The van der Waals surface area contributed by atoms with Crippen molar-refractivity contribution in [1.29, 1.82) is 0 Å². The number of carbonyl (C=O) groups is 2. The van der Waals surface area contributed by atoms with E-state index in [9.17, 15) is 9.59 Å². The predicted molar refractivity (Wildman–Crippen MR) is 99.3 cm³/mol. The molecule has 0 fully saturated rings. The van der Waals surface area contributed by atoms with E-state index < -0.39 is 6.04 Å². The second kappa shape index (κ2) is 9.18. The fraction of sp³-hybridized carbons (Fsp3) is 0.400. The highest BCUT2D eigenvalue weighted by atomic mass is 16.5. The van der Waals surface area contributed by atoms with Crippen LogP contribution in [-0.2, 0) is 20.7 Å². The summed E-state index contributed by atoms with van der Waals surface area (Å²) in [5.41, 5.74) is 0.956. The lowest BCUT2D eigenvalue weighted by Crippen LogP contribution is -2.50. The van der Waals surface area contributed by atoms with Crippen LogP contribution in [-0.4, -0.2) is 38.1 Å².